The second-order valence-electron chi connectivity index (χ2n) is 5.68. The van der Waals surface area contributed by atoms with Gasteiger partial charge in [0.05, 0.1) is 10.6 Å². The molecular weight excluding hydrogens is 338 g/mol. The summed E-state index contributed by atoms with van der Waals surface area (Å²) in [6.45, 7) is 1.45. The maximum Gasteiger partial charge on any atom is 0.282 e. The van der Waals surface area contributed by atoms with Crippen molar-refractivity contribution in [2.75, 3.05) is 0 Å². The van der Waals surface area contributed by atoms with Crippen LogP contribution < -0.4 is 5.43 Å². The largest absolute Gasteiger partial charge is 0.293 e. The molecule has 0 heterocycles. The maximum absolute atomic E-state index is 12.4. The summed E-state index contributed by atoms with van der Waals surface area (Å²) in [5.41, 5.74) is 2.41. The number of carbonyl (C=O) groups excluding carboxylic acids is 3. The Morgan fingerprint density at radius 1 is 1.04 bits per heavy atom. The van der Waals surface area contributed by atoms with Gasteiger partial charge in [-0.3, -0.25) is 24.5 Å². The topological polar surface area (TPSA) is 119 Å². The summed E-state index contributed by atoms with van der Waals surface area (Å²) in [5.74, 6) is -2.66. The van der Waals surface area contributed by atoms with E-state index in [2.05, 4.69) is 10.5 Å². The highest BCUT2D eigenvalue weighted by Gasteiger charge is 2.40. The van der Waals surface area contributed by atoms with Gasteiger partial charge >= 0.3 is 0 Å². The SMILES string of the molecule is CC(=NNC(=O)c1ccccc1[N+](=O)[O-])C1C(=O)c2ccccc2C1=O. The van der Waals surface area contributed by atoms with Crippen LogP contribution in [0.15, 0.2) is 53.6 Å². The number of nitro groups is 1. The van der Waals surface area contributed by atoms with Gasteiger partial charge < -0.3 is 0 Å². The van der Waals surface area contributed by atoms with Crippen LogP contribution >= 0.6 is 0 Å². The Labute approximate surface area is 147 Å². The summed E-state index contributed by atoms with van der Waals surface area (Å²) >= 11 is 0. The Balaban J connectivity index is 1.82. The molecule has 0 saturated carbocycles. The van der Waals surface area contributed by atoms with E-state index < -0.39 is 16.7 Å². The predicted molar refractivity (Wildman–Crippen MR) is 92.3 cm³/mol. The minimum atomic E-state index is -1.10. The lowest BCUT2D eigenvalue weighted by Crippen LogP contribution is -2.27. The summed E-state index contributed by atoms with van der Waals surface area (Å²) < 4.78 is 0. The molecule has 0 bridgehead atoms. The summed E-state index contributed by atoms with van der Waals surface area (Å²) in [4.78, 5) is 47.3. The van der Waals surface area contributed by atoms with E-state index in [0.29, 0.717) is 11.1 Å². The van der Waals surface area contributed by atoms with E-state index in [4.69, 9.17) is 0 Å². The fourth-order valence-corrected chi connectivity index (χ4v) is 2.81. The zero-order valence-corrected chi connectivity index (χ0v) is 13.6. The first-order valence-corrected chi connectivity index (χ1v) is 7.67. The van der Waals surface area contributed by atoms with Crippen LogP contribution in [0.25, 0.3) is 0 Å². The van der Waals surface area contributed by atoms with Crippen LogP contribution in [0.5, 0.6) is 0 Å². The molecule has 0 radical (unpaired) electrons. The molecule has 0 saturated heterocycles. The standard InChI is InChI=1S/C18H13N3O5/c1-10(15-16(22)11-6-2-3-7-12(11)17(15)23)19-20-18(24)13-8-4-5-9-14(13)21(25)26/h2-9,15H,1H3,(H,20,24). The predicted octanol–water partition coefficient (Wildman–Crippen LogP) is 2.40. The average Bonchev–Trinajstić information content (AvgIpc) is 2.90. The fourth-order valence-electron chi connectivity index (χ4n) is 2.81. The van der Waals surface area contributed by atoms with Crippen LogP contribution in [-0.2, 0) is 0 Å². The minimum Gasteiger partial charge on any atom is -0.293 e. The van der Waals surface area contributed by atoms with Crippen molar-refractivity contribution in [1.82, 2.24) is 5.43 Å². The molecule has 3 rings (SSSR count). The van der Waals surface area contributed by atoms with E-state index in [-0.39, 0.29) is 28.5 Å². The number of nitrogens with one attached hydrogen (secondary N) is 1. The number of rotatable bonds is 4. The van der Waals surface area contributed by atoms with Gasteiger partial charge in [0.2, 0.25) is 0 Å². The molecule has 8 heteroatoms. The molecule has 26 heavy (non-hydrogen) atoms. The third-order valence-corrected chi connectivity index (χ3v) is 4.08. The molecule has 0 aromatic heterocycles. The molecule has 0 fully saturated rings. The third-order valence-electron chi connectivity index (χ3n) is 4.08. The quantitative estimate of drug-likeness (QED) is 0.393. The van der Waals surface area contributed by atoms with Crippen LogP contribution in [0, 0.1) is 16.0 Å². The normalized spacial score (nSPS) is 14.3. The number of hydrazone groups is 1. The number of nitro benzene ring substituents is 1. The molecule has 0 atom stereocenters. The van der Waals surface area contributed by atoms with Crippen LogP contribution in [0.2, 0.25) is 0 Å². The number of nitrogens with zero attached hydrogens (tertiary/aromatic N) is 2. The second-order valence-corrected chi connectivity index (χ2v) is 5.68. The molecule has 2 aromatic carbocycles. The maximum atomic E-state index is 12.4. The van der Waals surface area contributed by atoms with Gasteiger partial charge in [-0.2, -0.15) is 5.10 Å². The third kappa shape index (κ3) is 2.88. The molecule has 1 N–H and O–H groups in total. The molecule has 0 aliphatic heterocycles. The summed E-state index contributed by atoms with van der Waals surface area (Å²) in [5, 5.41) is 14.8. The van der Waals surface area contributed by atoms with E-state index in [0.717, 1.165) is 0 Å². The van der Waals surface area contributed by atoms with Gasteiger partial charge in [0.15, 0.2) is 11.6 Å². The van der Waals surface area contributed by atoms with E-state index in [1.54, 1.807) is 24.3 Å². The minimum absolute atomic E-state index is 0.114. The summed E-state index contributed by atoms with van der Waals surface area (Å²) in [6.07, 6.45) is 0. The zero-order chi connectivity index (χ0) is 18.8. The van der Waals surface area contributed by atoms with Crippen molar-refractivity contribution in [3.63, 3.8) is 0 Å². The van der Waals surface area contributed by atoms with Gasteiger partial charge in [-0.05, 0) is 13.0 Å². The van der Waals surface area contributed by atoms with Gasteiger partial charge in [0.1, 0.15) is 11.5 Å². The first-order chi connectivity index (χ1) is 12.4. The number of carbonyl (C=O) groups is 3. The first kappa shape index (κ1) is 17.2. The number of ketones is 2. The number of hydrogen-bond donors (Lipinski definition) is 1. The Morgan fingerprint density at radius 2 is 1.58 bits per heavy atom. The lowest BCUT2D eigenvalue weighted by Gasteiger charge is -2.07. The number of fused-ring (bicyclic) bond motifs is 1. The van der Waals surface area contributed by atoms with Crippen LogP contribution in [0.1, 0.15) is 38.0 Å². The summed E-state index contributed by atoms with van der Waals surface area (Å²) in [6, 6.07) is 11.9. The van der Waals surface area contributed by atoms with Gasteiger partial charge in [-0.15, -0.1) is 0 Å². The monoisotopic (exact) mass is 351 g/mol. The molecule has 130 valence electrons. The fraction of sp³-hybridized carbons (Fsp3) is 0.111. The van der Waals surface area contributed by atoms with E-state index in [9.17, 15) is 24.5 Å². The number of Topliss-reactive ketones (excluding diaryl/α,β-unsaturated/α-hetero) is 2. The van der Waals surface area contributed by atoms with Crippen LogP contribution in [-0.4, -0.2) is 28.1 Å². The smallest absolute Gasteiger partial charge is 0.282 e. The lowest BCUT2D eigenvalue weighted by molar-refractivity contribution is -0.385. The number of benzene rings is 2. The van der Waals surface area contributed by atoms with E-state index in [1.807, 2.05) is 0 Å². The molecular formula is C18H13N3O5. The van der Waals surface area contributed by atoms with Crippen molar-refractivity contribution in [3.8, 4) is 0 Å². The van der Waals surface area contributed by atoms with E-state index in [1.165, 1.54) is 31.2 Å². The van der Waals surface area contributed by atoms with Crippen molar-refractivity contribution in [2.24, 2.45) is 11.0 Å². The molecule has 0 spiro atoms. The van der Waals surface area contributed by atoms with Crippen molar-refractivity contribution in [1.29, 1.82) is 0 Å². The van der Waals surface area contributed by atoms with Crippen molar-refractivity contribution in [3.05, 3.63) is 75.3 Å². The van der Waals surface area contributed by atoms with E-state index >= 15 is 0 Å². The highest BCUT2D eigenvalue weighted by Crippen LogP contribution is 2.27. The Kier molecular flexibility index (Phi) is 4.40. The van der Waals surface area contributed by atoms with Crippen molar-refractivity contribution >= 4 is 28.9 Å². The second kappa shape index (κ2) is 6.67. The zero-order valence-electron chi connectivity index (χ0n) is 13.6. The molecule has 2 aromatic rings. The highest BCUT2D eigenvalue weighted by molar-refractivity contribution is 6.36. The first-order valence-electron chi connectivity index (χ1n) is 7.67. The van der Waals surface area contributed by atoms with Gasteiger partial charge in [-0.1, -0.05) is 36.4 Å². The van der Waals surface area contributed by atoms with Crippen LogP contribution in [0.4, 0.5) is 5.69 Å². The highest BCUT2D eigenvalue weighted by atomic mass is 16.6. The average molecular weight is 351 g/mol. The number of hydrogen-bond acceptors (Lipinski definition) is 6. The lowest BCUT2D eigenvalue weighted by atomic mass is 9.99. The van der Waals surface area contributed by atoms with Crippen LogP contribution in [0.3, 0.4) is 0 Å². The van der Waals surface area contributed by atoms with Crippen molar-refractivity contribution in [2.45, 2.75) is 6.92 Å². The van der Waals surface area contributed by atoms with Crippen molar-refractivity contribution < 1.29 is 19.3 Å². The molecule has 1 aliphatic rings. The molecule has 0 unspecified atom stereocenters. The Hall–Kier alpha value is -3.68. The molecule has 1 amide bonds. The van der Waals surface area contributed by atoms with Gasteiger partial charge in [0, 0.05) is 17.2 Å². The summed E-state index contributed by atoms with van der Waals surface area (Å²) in [7, 11) is 0. The van der Waals surface area contributed by atoms with Gasteiger partial charge in [0.25, 0.3) is 11.6 Å². The number of amides is 1. The Bertz CT molecular complexity index is 945. The van der Waals surface area contributed by atoms with Gasteiger partial charge in [-0.25, -0.2) is 5.43 Å². The Morgan fingerprint density at radius 3 is 2.15 bits per heavy atom. The number of para-hydroxylation sites is 1. The molecule has 1 aliphatic carbocycles. The molecule has 8 nitrogen and oxygen atoms in total.